The number of pyridine rings is 1. The van der Waals surface area contributed by atoms with Gasteiger partial charge < -0.3 is 10.0 Å². The van der Waals surface area contributed by atoms with E-state index in [4.69, 9.17) is 0 Å². The second kappa shape index (κ2) is 6.48. The van der Waals surface area contributed by atoms with E-state index < -0.39 is 6.10 Å². The molecule has 3 nitrogen and oxygen atoms in total. The molecule has 0 aromatic carbocycles. The number of aliphatic hydroxyl groups excluding tert-OH is 1. The molecule has 0 aliphatic rings. The van der Waals surface area contributed by atoms with Crippen LogP contribution in [0.3, 0.4) is 0 Å². The highest BCUT2D eigenvalue weighted by molar-refractivity contribution is 5.44. The zero-order chi connectivity index (χ0) is 12.0. The number of aromatic nitrogens is 1. The van der Waals surface area contributed by atoms with Crippen molar-refractivity contribution in [3.8, 4) is 0 Å². The summed E-state index contributed by atoms with van der Waals surface area (Å²) in [7, 11) is 0. The van der Waals surface area contributed by atoms with Gasteiger partial charge in [-0.15, -0.1) is 0 Å². The standard InChI is InChI=1S/C13H22N2O/c1-4-6-9-15(5-2)12-7-8-13(11(3)16)14-10-12/h7-8,10-11,16H,4-6,9H2,1-3H3. The maximum atomic E-state index is 9.38. The van der Waals surface area contributed by atoms with E-state index in [1.165, 1.54) is 12.8 Å². The predicted octanol–water partition coefficient (Wildman–Crippen LogP) is 2.76. The summed E-state index contributed by atoms with van der Waals surface area (Å²) in [6, 6.07) is 3.93. The number of aliphatic hydroxyl groups is 1. The summed E-state index contributed by atoms with van der Waals surface area (Å²) in [5, 5.41) is 9.38. The molecule has 1 unspecified atom stereocenters. The van der Waals surface area contributed by atoms with Crippen LogP contribution in [0.15, 0.2) is 18.3 Å². The second-order valence-corrected chi connectivity index (χ2v) is 4.05. The fraction of sp³-hybridized carbons (Fsp3) is 0.615. The van der Waals surface area contributed by atoms with Gasteiger partial charge in [0, 0.05) is 13.1 Å². The van der Waals surface area contributed by atoms with E-state index in [1.807, 2.05) is 18.3 Å². The lowest BCUT2D eigenvalue weighted by molar-refractivity contribution is 0.194. The maximum Gasteiger partial charge on any atom is 0.0931 e. The zero-order valence-corrected chi connectivity index (χ0v) is 10.5. The summed E-state index contributed by atoms with van der Waals surface area (Å²) in [5.74, 6) is 0. The van der Waals surface area contributed by atoms with Crippen LogP contribution in [-0.2, 0) is 0 Å². The molecule has 1 aromatic rings. The van der Waals surface area contributed by atoms with Crippen LogP contribution in [0.5, 0.6) is 0 Å². The first kappa shape index (κ1) is 13.0. The van der Waals surface area contributed by atoms with Crippen LogP contribution in [-0.4, -0.2) is 23.2 Å². The number of nitrogens with zero attached hydrogens (tertiary/aromatic N) is 2. The Hall–Kier alpha value is -1.09. The highest BCUT2D eigenvalue weighted by Gasteiger charge is 2.06. The van der Waals surface area contributed by atoms with Crippen molar-refractivity contribution in [3.05, 3.63) is 24.0 Å². The van der Waals surface area contributed by atoms with Gasteiger partial charge in [-0.05, 0) is 32.4 Å². The van der Waals surface area contributed by atoms with Crippen molar-refractivity contribution in [2.24, 2.45) is 0 Å². The van der Waals surface area contributed by atoms with Gasteiger partial charge in [0.25, 0.3) is 0 Å². The lowest BCUT2D eigenvalue weighted by atomic mass is 10.2. The average molecular weight is 222 g/mol. The molecule has 0 saturated carbocycles. The molecule has 0 spiro atoms. The topological polar surface area (TPSA) is 36.4 Å². The van der Waals surface area contributed by atoms with Crippen molar-refractivity contribution in [1.82, 2.24) is 4.98 Å². The summed E-state index contributed by atoms with van der Waals surface area (Å²) in [5.41, 5.74) is 1.87. The molecule has 1 atom stereocenters. The Balaban J connectivity index is 2.70. The van der Waals surface area contributed by atoms with Gasteiger partial charge in [0.15, 0.2) is 0 Å². The molecule has 0 bridgehead atoms. The molecule has 3 heteroatoms. The first-order valence-corrected chi connectivity index (χ1v) is 6.08. The number of rotatable bonds is 6. The van der Waals surface area contributed by atoms with Crippen LogP contribution in [0, 0.1) is 0 Å². The molecule has 0 radical (unpaired) electrons. The first-order valence-electron chi connectivity index (χ1n) is 6.08. The Morgan fingerprint density at radius 2 is 2.12 bits per heavy atom. The first-order chi connectivity index (χ1) is 7.69. The van der Waals surface area contributed by atoms with E-state index in [1.54, 1.807) is 6.92 Å². The van der Waals surface area contributed by atoms with Crippen LogP contribution in [0.2, 0.25) is 0 Å². The Labute approximate surface area is 98.1 Å². The van der Waals surface area contributed by atoms with Crippen LogP contribution < -0.4 is 4.90 Å². The minimum Gasteiger partial charge on any atom is -0.387 e. The summed E-state index contributed by atoms with van der Waals surface area (Å²) < 4.78 is 0. The Morgan fingerprint density at radius 3 is 2.56 bits per heavy atom. The molecule has 0 saturated heterocycles. The van der Waals surface area contributed by atoms with E-state index in [9.17, 15) is 5.11 Å². The smallest absolute Gasteiger partial charge is 0.0931 e. The molecule has 0 aliphatic heterocycles. The van der Waals surface area contributed by atoms with Crippen molar-refractivity contribution in [1.29, 1.82) is 0 Å². The minimum absolute atomic E-state index is 0.486. The number of hydrogen-bond acceptors (Lipinski definition) is 3. The molecular weight excluding hydrogens is 200 g/mol. The van der Waals surface area contributed by atoms with Gasteiger partial charge in [-0.1, -0.05) is 13.3 Å². The van der Waals surface area contributed by atoms with Crippen LogP contribution >= 0.6 is 0 Å². The Bertz CT molecular complexity index is 295. The van der Waals surface area contributed by atoms with E-state index in [-0.39, 0.29) is 0 Å². The predicted molar refractivity (Wildman–Crippen MR) is 67.7 cm³/mol. The number of anilines is 1. The SMILES string of the molecule is CCCCN(CC)c1ccc(C(C)O)nc1. The fourth-order valence-corrected chi connectivity index (χ4v) is 1.65. The van der Waals surface area contributed by atoms with E-state index >= 15 is 0 Å². The zero-order valence-electron chi connectivity index (χ0n) is 10.5. The monoisotopic (exact) mass is 222 g/mol. The quantitative estimate of drug-likeness (QED) is 0.804. The molecule has 0 aliphatic carbocycles. The van der Waals surface area contributed by atoms with Gasteiger partial charge in [0.1, 0.15) is 0 Å². The lowest BCUT2D eigenvalue weighted by Gasteiger charge is -2.22. The summed E-state index contributed by atoms with van der Waals surface area (Å²) in [4.78, 5) is 6.57. The van der Waals surface area contributed by atoms with Gasteiger partial charge in [-0.2, -0.15) is 0 Å². The third kappa shape index (κ3) is 3.49. The van der Waals surface area contributed by atoms with Crippen molar-refractivity contribution < 1.29 is 5.11 Å². The molecule has 16 heavy (non-hydrogen) atoms. The number of hydrogen-bond donors (Lipinski definition) is 1. The Morgan fingerprint density at radius 1 is 1.38 bits per heavy atom. The minimum atomic E-state index is -0.486. The van der Waals surface area contributed by atoms with Gasteiger partial charge in [0.05, 0.1) is 23.7 Å². The molecule has 1 rings (SSSR count). The normalized spacial score (nSPS) is 12.5. The van der Waals surface area contributed by atoms with Gasteiger partial charge >= 0.3 is 0 Å². The maximum absolute atomic E-state index is 9.38. The van der Waals surface area contributed by atoms with Crippen molar-refractivity contribution in [3.63, 3.8) is 0 Å². The highest BCUT2D eigenvalue weighted by Crippen LogP contribution is 2.16. The second-order valence-electron chi connectivity index (χ2n) is 4.05. The lowest BCUT2D eigenvalue weighted by Crippen LogP contribution is -2.23. The summed E-state index contributed by atoms with van der Waals surface area (Å²) >= 11 is 0. The third-order valence-corrected chi connectivity index (χ3v) is 2.73. The summed E-state index contributed by atoms with van der Waals surface area (Å²) in [6.45, 7) is 8.15. The molecule has 1 N–H and O–H groups in total. The molecule has 1 heterocycles. The third-order valence-electron chi connectivity index (χ3n) is 2.73. The molecule has 90 valence electrons. The van der Waals surface area contributed by atoms with Crippen molar-refractivity contribution >= 4 is 5.69 Å². The molecular formula is C13H22N2O. The van der Waals surface area contributed by atoms with Crippen molar-refractivity contribution in [2.45, 2.75) is 39.7 Å². The Kier molecular flexibility index (Phi) is 5.26. The van der Waals surface area contributed by atoms with Crippen LogP contribution in [0.1, 0.15) is 45.4 Å². The molecule has 0 amide bonds. The summed E-state index contributed by atoms with van der Waals surface area (Å²) in [6.07, 6.45) is 3.77. The average Bonchev–Trinajstić information content (AvgIpc) is 2.30. The van der Waals surface area contributed by atoms with E-state index in [0.29, 0.717) is 0 Å². The highest BCUT2D eigenvalue weighted by atomic mass is 16.3. The number of unbranched alkanes of at least 4 members (excludes halogenated alkanes) is 1. The molecule has 0 fully saturated rings. The molecule has 1 aromatic heterocycles. The fourth-order valence-electron chi connectivity index (χ4n) is 1.65. The van der Waals surface area contributed by atoms with Crippen molar-refractivity contribution in [2.75, 3.05) is 18.0 Å². The van der Waals surface area contributed by atoms with Crippen LogP contribution in [0.4, 0.5) is 5.69 Å². The van der Waals surface area contributed by atoms with E-state index in [0.717, 1.165) is 24.5 Å². The van der Waals surface area contributed by atoms with Gasteiger partial charge in [-0.25, -0.2) is 0 Å². The van der Waals surface area contributed by atoms with Crippen LogP contribution in [0.25, 0.3) is 0 Å². The van der Waals surface area contributed by atoms with E-state index in [2.05, 4.69) is 23.7 Å². The van der Waals surface area contributed by atoms with Gasteiger partial charge in [-0.3, -0.25) is 4.98 Å². The largest absolute Gasteiger partial charge is 0.387 e. The van der Waals surface area contributed by atoms with Gasteiger partial charge in [0.2, 0.25) is 0 Å².